The Hall–Kier alpha value is -0.160. The Labute approximate surface area is 92.4 Å². The van der Waals surface area contributed by atoms with Gasteiger partial charge >= 0.3 is 0 Å². The van der Waals surface area contributed by atoms with Crippen LogP contribution >= 0.6 is 0 Å². The summed E-state index contributed by atoms with van der Waals surface area (Å²) in [5.74, 6) is 0. The first-order valence-corrected chi connectivity index (χ1v) is 5.68. The molecule has 4 heteroatoms. The lowest BCUT2D eigenvalue weighted by atomic mass is 9.85. The van der Waals surface area contributed by atoms with Crippen LogP contribution in [0.15, 0.2) is 0 Å². The minimum absolute atomic E-state index is 0.183. The molecule has 0 atom stereocenters. The van der Waals surface area contributed by atoms with Gasteiger partial charge in [-0.05, 0) is 38.5 Å². The Morgan fingerprint density at radius 2 is 1.47 bits per heavy atom. The fourth-order valence-corrected chi connectivity index (χ4v) is 1.81. The van der Waals surface area contributed by atoms with E-state index >= 15 is 0 Å². The lowest BCUT2D eigenvalue weighted by Gasteiger charge is -2.29. The molecule has 0 aliphatic rings. The molecule has 0 aromatic heterocycles. The van der Waals surface area contributed by atoms with Crippen molar-refractivity contribution >= 4 is 0 Å². The highest BCUT2D eigenvalue weighted by atomic mass is 16.5. The first-order chi connectivity index (χ1) is 7.18. The highest BCUT2D eigenvalue weighted by Crippen LogP contribution is 2.22. The third-order valence-corrected chi connectivity index (χ3v) is 2.69. The molecule has 0 spiro atoms. The van der Waals surface area contributed by atoms with E-state index in [9.17, 15) is 0 Å². The van der Waals surface area contributed by atoms with Crippen molar-refractivity contribution < 1.29 is 14.9 Å². The highest BCUT2D eigenvalue weighted by Gasteiger charge is 2.23. The maximum Gasteiger partial charge on any atom is 0.0462 e. The van der Waals surface area contributed by atoms with Crippen LogP contribution < -0.4 is 5.73 Å². The predicted molar refractivity (Wildman–Crippen MR) is 60.7 cm³/mol. The van der Waals surface area contributed by atoms with Crippen molar-refractivity contribution in [1.29, 1.82) is 0 Å². The number of rotatable bonds is 10. The van der Waals surface area contributed by atoms with Gasteiger partial charge in [-0.2, -0.15) is 0 Å². The van der Waals surface area contributed by atoms with Gasteiger partial charge in [0.05, 0.1) is 0 Å². The zero-order chi connectivity index (χ0) is 11.6. The van der Waals surface area contributed by atoms with Crippen molar-refractivity contribution in [1.82, 2.24) is 0 Å². The van der Waals surface area contributed by atoms with Crippen molar-refractivity contribution in [3.05, 3.63) is 0 Å². The van der Waals surface area contributed by atoms with Gasteiger partial charge in [0, 0.05) is 32.5 Å². The van der Waals surface area contributed by atoms with E-state index in [1.54, 1.807) is 7.11 Å². The van der Waals surface area contributed by atoms with Gasteiger partial charge in [0.2, 0.25) is 0 Å². The smallest absolute Gasteiger partial charge is 0.0462 e. The van der Waals surface area contributed by atoms with Crippen molar-refractivity contribution in [3.8, 4) is 0 Å². The van der Waals surface area contributed by atoms with Crippen molar-refractivity contribution in [2.45, 2.75) is 44.1 Å². The second kappa shape index (κ2) is 9.09. The van der Waals surface area contributed by atoms with Gasteiger partial charge in [-0.3, -0.25) is 0 Å². The number of methoxy groups -OCH3 is 1. The zero-order valence-corrected chi connectivity index (χ0v) is 9.74. The van der Waals surface area contributed by atoms with Crippen LogP contribution in [0.4, 0.5) is 0 Å². The summed E-state index contributed by atoms with van der Waals surface area (Å²) in [4.78, 5) is 0. The lowest BCUT2D eigenvalue weighted by molar-refractivity contribution is 0.171. The molecule has 0 aliphatic carbocycles. The minimum Gasteiger partial charge on any atom is -0.396 e. The van der Waals surface area contributed by atoms with E-state index in [2.05, 4.69) is 0 Å². The van der Waals surface area contributed by atoms with Gasteiger partial charge in [0.25, 0.3) is 0 Å². The molecule has 92 valence electrons. The molecular weight excluding hydrogens is 194 g/mol. The number of aliphatic hydroxyl groups is 2. The van der Waals surface area contributed by atoms with Crippen molar-refractivity contribution in [3.63, 3.8) is 0 Å². The molecule has 0 bridgehead atoms. The van der Waals surface area contributed by atoms with Crippen molar-refractivity contribution in [2.75, 3.05) is 26.9 Å². The van der Waals surface area contributed by atoms with Crippen LogP contribution in [-0.2, 0) is 4.74 Å². The standard InChI is InChI=1S/C11H25NO3/c1-15-10-4-7-11(12,5-2-8-13)6-3-9-14/h13-14H,2-10,12H2,1H3. The van der Waals surface area contributed by atoms with Crippen molar-refractivity contribution in [2.24, 2.45) is 5.73 Å². The Kier molecular flexibility index (Phi) is 9.00. The minimum atomic E-state index is -0.246. The Balaban J connectivity index is 3.89. The molecule has 0 saturated heterocycles. The van der Waals surface area contributed by atoms with Crippen LogP contribution in [0.1, 0.15) is 38.5 Å². The van der Waals surface area contributed by atoms with Gasteiger partial charge < -0.3 is 20.7 Å². The molecule has 4 nitrogen and oxygen atoms in total. The summed E-state index contributed by atoms with van der Waals surface area (Å²) in [6, 6.07) is 0. The topological polar surface area (TPSA) is 75.7 Å². The SMILES string of the molecule is COCCCC(N)(CCCO)CCCO. The van der Waals surface area contributed by atoms with Crippen LogP contribution in [0.5, 0.6) is 0 Å². The van der Waals surface area contributed by atoms with Crippen LogP contribution in [0.3, 0.4) is 0 Å². The van der Waals surface area contributed by atoms with Crippen LogP contribution in [0.25, 0.3) is 0 Å². The number of ether oxygens (including phenoxy) is 1. The Bertz CT molecular complexity index is 134. The number of hydrogen-bond donors (Lipinski definition) is 3. The largest absolute Gasteiger partial charge is 0.396 e. The number of nitrogens with two attached hydrogens (primary N) is 1. The first kappa shape index (κ1) is 14.8. The predicted octanol–water partition coefficient (Wildman–Crippen LogP) is 0.655. The second-order valence-electron chi connectivity index (χ2n) is 4.11. The first-order valence-electron chi connectivity index (χ1n) is 5.68. The van der Waals surface area contributed by atoms with E-state index in [0.29, 0.717) is 0 Å². The van der Waals surface area contributed by atoms with Gasteiger partial charge in [-0.1, -0.05) is 0 Å². The molecule has 0 radical (unpaired) electrons. The summed E-state index contributed by atoms with van der Waals surface area (Å²) < 4.78 is 4.99. The summed E-state index contributed by atoms with van der Waals surface area (Å²) in [7, 11) is 1.68. The molecule has 0 unspecified atom stereocenters. The van der Waals surface area contributed by atoms with Crippen LogP contribution in [0.2, 0.25) is 0 Å². The third kappa shape index (κ3) is 7.73. The van der Waals surface area contributed by atoms with Gasteiger partial charge in [0.15, 0.2) is 0 Å². The Morgan fingerprint density at radius 1 is 1.00 bits per heavy atom. The number of hydrogen-bond acceptors (Lipinski definition) is 4. The zero-order valence-electron chi connectivity index (χ0n) is 9.74. The summed E-state index contributed by atoms with van der Waals surface area (Å²) >= 11 is 0. The van der Waals surface area contributed by atoms with E-state index in [0.717, 1.165) is 45.1 Å². The molecular formula is C11H25NO3. The van der Waals surface area contributed by atoms with Crippen LogP contribution in [-0.4, -0.2) is 42.7 Å². The van der Waals surface area contributed by atoms with E-state index < -0.39 is 0 Å². The molecule has 0 aromatic carbocycles. The number of aliphatic hydroxyl groups excluding tert-OH is 2. The molecule has 0 heterocycles. The molecule has 0 fully saturated rings. The average Bonchev–Trinajstić information content (AvgIpc) is 2.24. The second-order valence-corrected chi connectivity index (χ2v) is 4.11. The molecule has 15 heavy (non-hydrogen) atoms. The summed E-state index contributed by atoms with van der Waals surface area (Å²) in [5.41, 5.74) is 5.99. The van der Waals surface area contributed by atoms with Gasteiger partial charge in [0.1, 0.15) is 0 Å². The van der Waals surface area contributed by atoms with E-state index in [4.69, 9.17) is 20.7 Å². The molecule has 0 saturated carbocycles. The molecule has 0 aliphatic heterocycles. The summed E-state index contributed by atoms with van der Waals surface area (Å²) in [5, 5.41) is 17.6. The van der Waals surface area contributed by atoms with Gasteiger partial charge in [-0.25, -0.2) is 0 Å². The third-order valence-electron chi connectivity index (χ3n) is 2.69. The maximum atomic E-state index is 8.80. The maximum absolute atomic E-state index is 8.80. The van der Waals surface area contributed by atoms with E-state index in [-0.39, 0.29) is 18.8 Å². The Morgan fingerprint density at radius 3 is 1.87 bits per heavy atom. The molecule has 0 aromatic rings. The fourth-order valence-electron chi connectivity index (χ4n) is 1.81. The van der Waals surface area contributed by atoms with E-state index in [1.165, 1.54) is 0 Å². The quantitative estimate of drug-likeness (QED) is 0.472. The normalized spacial score (nSPS) is 12.0. The molecule has 4 N–H and O–H groups in total. The van der Waals surface area contributed by atoms with Gasteiger partial charge in [-0.15, -0.1) is 0 Å². The molecule has 0 rings (SSSR count). The average molecular weight is 219 g/mol. The lowest BCUT2D eigenvalue weighted by Crippen LogP contribution is -2.40. The summed E-state index contributed by atoms with van der Waals surface area (Å²) in [6.07, 6.45) is 4.91. The monoisotopic (exact) mass is 219 g/mol. The molecule has 0 amide bonds. The van der Waals surface area contributed by atoms with Crippen LogP contribution in [0, 0.1) is 0 Å². The summed E-state index contributed by atoms with van der Waals surface area (Å²) in [6.45, 7) is 1.09. The fraction of sp³-hybridized carbons (Fsp3) is 1.00. The van der Waals surface area contributed by atoms with E-state index in [1.807, 2.05) is 0 Å². The highest BCUT2D eigenvalue weighted by molar-refractivity contribution is 4.83.